The van der Waals surface area contributed by atoms with Crippen LogP contribution in [0.4, 0.5) is 0 Å². The lowest BCUT2D eigenvalue weighted by Gasteiger charge is -1.97. The van der Waals surface area contributed by atoms with Gasteiger partial charge in [-0.1, -0.05) is 6.08 Å². The molecular weight excluding hydrogens is 150 g/mol. The number of aryl methyl sites for hydroxylation is 2. The second-order valence-electron chi connectivity index (χ2n) is 2.68. The van der Waals surface area contributed by atoms with Crippen LogP contribution < -0.4 is 0 Å². The number of rotatable bonds is 2. The largest absolute Gasteiger partial charge is 0.299 e. The molecule has 0 bridgehead atoms. The fourth-order valence-corrected chi connectivity index (χ4v) is 1.11. The van der Waals surface area contributed by atoms with Gasteiger partial charge in [0, 0.05) is 11.4 Å². The molecule has 0 spiro atoms. The molecule has 0 aliphatic heterocycles. The molecule has 1 heterocycles. The first kappa shape index (κ1) is 8.65. The summed E-state index contributed by atoms with van der Waals surface area (Å²) in [6.45, 7) is 3.87. The summed E-state index contributed by atoms with van der Waals surface area (Å²) in [5, 5.41) is 0. The Hall–Kier alpha value is -1.44. The van der Waals surface area contributed by atoms with E-state index in [1.165, 1.54) is 6.08 Å². The molecule has 0 unspecified atom stereocenters. The number of allylic oxidation sites excluding steroid dienone is 1. The van der Waals surface area contributed by atoms with Crippen molar-refractivity contribution in [3.8, 4) is 0 Å². The molecule has 1 rings (SSSR count). The third kappa shape index (κ3) is 2.31. The second-order valence-corrected chi connectivity index (χ2v) is 2.68. The molecule has 0 radical (unpaired) electrons. The van der Waals surface area contributed by atoms with Crippen LogP contribution in [0.2, 0.25) is 0 Å². The van der Waals surface area contributed by atoms with Crippen LogP contribution in [0.25, 0.3) is 6.08 Å². The molecule has 62 valence electrons. The van der Waals surface area contributed by atoms with E-state index in [1.807, 2.05) is 26.0 Å². The van der Waals surface area contributed by atoms with Gasteiger partial charge in [0.1, 0.15) is 6.29 Å². The van der Waals surface area contributed by atoms with Crippen molar-refractivity contribution in [2.75, 3.05) is 0 Å². The van der Waals surface area contributed by atoms with Crippen LogP contribution in [0, 0.1) is 13.8 Å². The maximum atomic E-state index is 10.0. The molecule has 0 atom stereocenters. The van der Waals surface area contributed by atoms with E-state index in [2.05, 4.69) is 4.98 Å². The summed E-state index contributed by atoms with van der Waals surface area (Å²) in [6.07, 6.45) is 4.02. The minimum Gasteiger partial charge on any atom is -0.299 e. The summed E-state index contributed by atoms with van der Waals surface area (Å²) < 4.78 is 0. The molecule has 12 heavy (non-hydrogen) atoms. The van der Waals surface area contributed by atoms with Gasteiger partial charge in [-0.05, 0) is 37.6 Å². The first-order valence-electron chi connectivity index (χ1n) is 3.79. The standard InChI is InChI=1S/C10H11NO/c1-8-6-10(4-3-5-12)7-9(2)11-8/h3-7H,1-2H3/b4-3+. The van der Waals surface area contributed by atoms with Crippen LogP contribution in [0.5, 0.6) is 0 Å². The molecule has 0 aromatic carbocycles. The number of aromatic nitrogens is 1. The van der Waals surface area contributed by atoms with Crippen LogP contribution in [-0.4, -0.2) is 11.3 Å². The Balaban J connectivity index is 3.00. The van der Waals surface area contributed by atoms with Crippen molar-refractivity contribution in [2.24, 2.45) is 0 Å². The van der Waals surface area contributed by atoms with E-state index in [-0.39, 0.29) is 0 Å². The highest BCUT2D eigenvalue weighted by molar-refractivity contribution is 5.73. The summed E-state index contributed by atoms with van der Waals surface area (Å²) in [6, 6.07) is 3.88. The predicted molar refractivity (Wildman–Crippen MR) is 48.8 cm³/mol. The van der Waals surface area contributed by atoms with Crippen LogP contribution in [0.3, 0.4) is 0 Å². The zero-order valence-corrected chi connectivity index (χ0v) is 7.24. The average molecular weight is 161 g/mol. The number of hydrogen-bond acceptors (Lipinski definition) is 2. The minimum absolute atomic E-state index is 0.769. The monoisotopic (exact) mass is 161 g/mol. The van der Waals surface area contributed by atoms with Crippen LogP contribution in [0.1, 0.15) is 17.0 Å². The maximum Gasteiger partial charge on any atom is 0.142 e. The lowest BCUT2D eigenvalue weighted by Crippen LogP contribution is -1.86. The summed E-state index contributed by atoms with van der Waals surface area (Å²) >= 11 is 0. The number of nitrogens with zero attached hydrogens (tertiary/aromatic N) is 1. The molecule has 0 saturated carbocycles. The van der Waals surface area contributed by atoms with E-state index in [0.29, 0.717) is 0 Å². The van der Waals surface area contributed by atoms with Gasteiger partial charge in [-0.3, -0.25) is 9.78 Å². The average Bonchev–Trinajstić information content (AvgIpc) is 1.99. The Kier molecular flexibility index (Phi) is 2.75. The lowest BCUT2D eigenvalue weighted by molar-refractivity contribution is -0.104. The number of hydrogen-bond donors (Lipinski definition) is 0. The molecule has 0 fully saturated rings. The first-order chi connectivity index (χ1) is 5.72. The van der Waals surface area contributed by atoms with Gasteiger partial charge in [0.2, 0.25) is 0 Å². The van der Waals surface area contributed by atoms with E-state index >= 15 is 0 Å². The SMILES string of the molecule is Cc1cc(/C=C/C=O)cc(C)n1. The van der Waals surface area contributed by atoms with E-state index in [0.717, 1.165) is 23.2 Å². The molecule has 0 amide bonds. The van der Waals surface area contributed by atoms with Crippen LogP contribution in [-0.2, 0) is 4.79 Å². The van der Waals surface area contributed by atoms with E-state index in [9.17, 15) is 4.79 Å². The van der Waals surface area contributed by atoms with Crippen molar-refractivity contribution in [3.05, 3.63) is 35.2 Å². The third-order valence-electron chi connectivity index (χ3n) is 1.47. The first-order valence-corrected chi connectivity index (χ1v) is 3.79. The highest BCUT2D eigenvalue weighted by Gasteiger charge is 1.91. The highest BCUT2D eigenvalue weighted by atomic mass is 16.1. The molecular formula is C10H11NO. The van der Waals surface area contributed by atoms with Crippen molar-refractivity contribution in [1.29, 1.82) is 0 Å². The van der Waals surface area contributed by atoms with Gasteiger partial charge in [0.05, 0.1) is 0 Å². The predicted octanol–water partition coefficient (Wildman–Crippen LogP) is 1.91. The van der Waals surface area contributed by atoms with E-state index in [4.69, 9.17) is 0 Å². The fraction of sp³-hybridized carbons (Fsp3) is 0.200. The summed E-state index contributed by atoms with van der Waals surface area (Å²) in [5.41, 5.74) is 2.97. The summed E-state index contributed by atoms with van der Waals surface area (Å²) in [4.78, 5) is 14.3. The van der Waals surface area contributed by atoms with E-state index < -0.39 is 0 Å². The third-order valence-corrected chi connectivity index (χ3v) is 1.47. The second kappa shape index (κ2) is 3.81. The quantitative estimate of drug-likeness (QED) is 0.490. The van der Waals surface area contributed by atoms with Crippen molar-refractivity contribution in [2.45, 2.75) is 13.8 Å². The minimum atomic E-state index is 0.769. The molecule has 2 nitrogen and oxygen atoms in total. The van der Waals surface area contributed by atoms with Crippen molar-refractivity contribution >= 4 is 12.4 Å². The topological polar surface area (TPSA) is 30.0 Å². The highest BCUT2D eigenvalue weighted by Crippen LogP contribution is 2.05. The Morgan fingerprint density at radius 1 is 1.25 bits per heavy atom. The van der Waals surface area contributed by atoms with Gasteiger partial charge in [0.25, 0.3) is 0 Å². The Morgan fingerprint density at radius 2 is 1.83 bits per heavy atom. The molecule has 0 saturated heterocycles. The molecule has 0 aliphatic carbocycles. The maximum absolute atomic E-state index is 10.0. The number of pyridine rings is 1. The van der Waals surface area contributed by atoms with Crippen molar-refractivity contribution < 1.29 is 4.79 Å². The van der Waals surface area contributed by atoms with Crippen molar-refractivity contribution in [1.82, 2.24) is 4.98 Å². The molecule has 1 aromatic rings. The van der Waals surface area contributed by atoms with Gasteiger partial charge < -0.3 is 0 Å². The number of carbonyl (C=O) groups excluding carboxylic acids is 1. The van der Waals surface area contributed by atoms with Gasteiger partial charge >= 0.3 is 0 Å². The lowest BCUT2D eigenvalue weighted by atomic mass is 10.2. The summed E-state index contributed by atoms with van der Waals surface area (Å²) in [5.74, 6) is 0. The molecule has 1 aromatic heterocycles. The number of carbonyl (C=O) groups is 1. The Morgan fingerprint density at radius 3 is 2.33 bits per heavy atom. The van der Waals surface area contributed by atoms with Crippen LogP contribution in [0.15, 0.2) is 18.2 Å². The zero-order chi connectivity index (χ0) is 8.97. The van der Waals surface area contributed by atoms with Gasteiger partial charge in [-0.2, -0.15) is 0 Å². The molecule has 0 aliphatic rings. The van der Waals surface area contributed by atoms with Crippen LogP contribution >= 0.6 is 0 Å². The smallest absolute Gasteiger partial charge is 0.142 e. The molecule has 2 heteroatoms. The fourth-order valence-electron chi connectivity index (χ4n) is 1.11. The molecule has 0 N–H and O–H groups in total. The van der Waals surface area contributed by atoms with E-state index in [1.54, 1.807) is 6.08 Å². The van der Waals surface area contributed by atoms with Gasteiger partial charge in [-0.15, -0.1) is 0 Å². The zero-order valence-electron chi connectivity index (χ0n) is 7.24. The Labute approximate surface area is 71.9 Å². The Bertz CT molecular complexity index is 295. The summed E-state index contributed by atoms with van der Waals surface area (Å²) in [7, 11) is 0. The van der Waals surface area contributed by atoms with Gasteiger partial charge in [-0.25, -0.2) is 0 Å². The van der Waals surface area contributed by atoms with Gasteiger partial charge in [0.15, 0.2) is 0 Å². The normalized spacial score (nSPS) is 10.5. The van der Waals surface area contributed by atoms with Crippen molar-refractivity contribution in [3.63, 3.8) is 0 Å². The number of aldehydes is 1.